The number of amides is 1. The summed E-state index contributed by atoms with van der Waals surface area (Å²) in [6, 6.07) is 8.87. The van der Waals surface area contributed by atoms with Crippen LogP contribution in [0, 0.1) is 5.92 Å². The van der Waals surface area contributed by atoms with E-state index < -0.39 is 0 Å². The number of carbonyl (C=O) groups excluding carboxylic acids is 2. The Morgan fingerprint density at radius 2 is 1.87 bits per heavy atom. The lowest BCUT2D eigenvalue weighted by Gasteiger charge is -2.19. The first-order valence-electron chi connectivity index (χ1n) is 10.8. The second-order valence-corrected chi connectivity index (χ2v) is 8.48. The van der Waals surface area contributed by atoms with Gasteiger partial charge in [0.15, 0.2) is 5.78 Å². The van der Waals surface area contributed by atoms with Gasteiger partial charge in [0.05, 0.1) is 18.2 Å². The number of nitrogens with one attached hydrogen (secondary N) is 1. The highest BCUT2D eigenvalue weighted by Gasteiger charge is 2.29. The molecule has 1 aromatic heterocycles. The Balaban J connectivity index is 1.45. The molecule has 160 valence electrons. The maximum Gasteiger partial charge on any atom is 0.258 e. The van der Waals surface area contributed by atoms with Crippen LogP contribution in [0.3, 0.4) is 0 Å². The van der Waals surface area contributed by atoms with Gasteiger partial charge >= 0.3 is 0 Å². The van der Waals surface area contributed by atoms with Gasteiger partial charge in [0, 0.05) is 30.5 Å². The fourth-order valence-corrected chi connectivity index (χ4v) is 4.78. The standard InChI is InChI=1S/C24H25N3O4/c1-31-17-8-7-15-12-27(13-16(15)9-17)24(30)19-10-18-20(11-21(19)28)25-26-22(18)23(29)14-5-3-2-4-6-14/h7-11,14,28H,2-6,12-13H2,1H3,(H,25,26). The van der Waals surface area contributed by atoms with Crippen LogP contribution in [0.1, 0.15) is 64.1 Å². The van der Waals surface area contributed by atoms with Gasteiger partial charge < -0.3 is 14.7 Å². The van der Waals surface area contributed by atoms with E-state index in [1.54, 1.807) is 18.1 Å². The minimum absolute atomic E-state index is 0.0173. The molecule has 1 aliphatic heterocycles. The molecule has 3 aromatic rings. The van der Waals surface area contributed by atoms with Crippen molar-refractivity contribution in [2.24, 2.45) is 5.92 Å². The van der Waals surface area contributed by atoms with Gasteiger partial charge in [-0.25, -0.2) is 0 Å². The Kier molecular flexibility index (Phi) is 4.88. The molecule has 1 aliphatic carbocycles. The van der Waals surface area contributed by atoms with Crippen LogP contribution < -0.4 is 4.74 Å². The second-order valence-electron chi connectivity index (χ2n) is 8.48. The summed E-state index contributed by atoms with van der Waals surface area (Å²) in [4.78, 5) is 28.0. The van der Waals surface area contributed by atoms with Crippen molar-refractivity contribution in [3.05, 3.63) is 52.7 Å². The summed E-state index contributed by atoms with van der Waals surface area (Å²) in [7, 11) is 1.62. The van der Waals surface area contributed by atoms with Crippen LogP contribution in [0.15, 0.2) is 30.3 Å². The first-order valence-corrected chi connectivity index (χ1v) is 10.8. The van der Waals surface area contributed by atoms with Crippen LogP contribution in [-0.4, -0.2) is 39.0 Å². The molecule has 0 unspecified atom stereocenters. The number of phenols is 1. The third-order valence-corrected chi connectivity index (χ3v) is 6.54. The van der Waals surface area contributed by atoms with Crippen molar-refractivity contribution in [3.8, 4) is 11.5 Å². The Hall–Kier alpha value is -3.35. The van der Waals surface area contributed by atoms with Gasteiger partial charge in [0.2, 0.25) is 0 Å². The zero-order valence-electron chi connectivity index (χ0n) is 17.5. The minimum atomic E-state index is -0.271. The average molecular weight is 419 g/mol. The first-order chi connectivity index (χ1) is 15.0. The van der Waals surface area contributed by atoms with Crippen LogP contribution >= 0.6 is 0 Å². The maximum atomic E-state index is 13.3. The lowest BCUT2D eigenvalue weighted by atomic mass is 9.84. The van der Waals surface area contributed by atoms with Crippen molar-refractivity contribution in [2.75, 3.05) is 7.11 Å². The number of aromatic amines is 1. The van der Waals surface area contributed by atoms with Crippen molar-refractivity contribution < 1.29 is 19.4 Å². The number of methoxy groups -OCH3 is 1. The molecule has 1 saturated carbocycles. The molecule has 0 radical (unpaired) electrons. The largest absolute Gasteiger partial charge is 0.507 e. The van der Waals surface area contributed by atoms with Gasteiger partial charge in [-0.2, -0.15) is 5.10 Å². The fraction of sp³-hybridized carbons (Fsp3) is 0.375. The third kappa shape index (κ3) is 3.44. The fourth-order valence-electron chi connectivity index (χ4n) is 4.78. The molecule has 0 saturated heterocycles. The highest BCUT2D eigenvalue weighted by molar-refractivity contribution is 6.10. The van der Waals surface area contributed by atoms with E-state index in [-0.39, 0.29) is 28.9 Å². The number of Topliss-reactive ketones (excluding diaryl/α,β-unsaturated/α-hetero) is 1. The van der Waals surface area contributed by atoms with E-state index in [4.69, 9.17) is 4.74 Å². The summed E-state index contributed by atoms with van der Waals surface area (Å²) in [5, 5.41) is 18.2. The quantitative estimate of drug-likeness (QED) is 0.618. The molecule has 2 aromatic carbocycles. The summed E-state index contributed by atoms with van der Waals surface area (Å²) in [6.45, 7) is 0.914. The molecule has 2 N–H and O–H groups in total. The summed E-state index contributed by atoms with van der Waals surface area (Å²) in [5.74, 6) is 0.367. The van der Waals surface area contributed by atoms with E-state index in [2.05, 4.69) is 10.2 Å². The van der Waals surface area contributed by atoms with E-state index in [9.17, 15) is 14.7 Å². The molecule has 2 heterocycles. The Morgan fingerprint density at radius 1 is 1.10 bits per heavy atom. The number of ketones is 1. The van der Waals surface area contributed by atoms with Gasteiger partial charge in [-0.15, -0.1) is 0 Å². The zero-order chi connectivity index (χ0) is 21.5. The molecule has 0 atom stereocenters. The number of phenolic OH excluding ortho intramolecular Hbond substituents is 1. The number of carbonyl (C=O) groups is 2. The lowest BCUT2D eigenvalue weighted by molar-refractivity contribution is 0.0748. The minimum Gasteiger partial charge on any atom is -0.507 e. The van der Waals surface area contributed by atoms with Crippen LogP contribution in [0.4, 0.5) is 0 Å². The number of hydrogen-bond donors (Lipinski definition) is 2. The topological polar surface area (TPSA) is 95.5 Å². The number of benzene rings is 2. The molecule has 2 aliphatic rings. The van der Waals surface area contributed by atoms with Crippen LogP contribution in [-0.2, 0) is 13.1 Å². The van der Waals surface area contributed by atoms with Gasteiger partial charge in [0.1, 0.15) is 17.2 Å². The van der Waals surface area contributed by atoms with Crippen molar-refractivity contribution in [1.82, 2.24) is 15.1 Å². The SMILES string of the molecule is COc1ccc2c(c1)CN(C(=O)c1cc3c(C(=O)C4CCCCC4)n[nH]c3cc1O)C2. The van der Waals surface area contributed by atoms with Crippen molar-refractivity contribution in [3.63, 3.8) is 0 Å². The monoisotopic (exact) mass is 419 g/mol. The molecule has 7 nitrogen and oxygen atoms in total. The lowest BCUT2D eigenvalue weighted by Crippen LogP contribution is -2.25. The summed E-state index contributed by atoms with van der Waals surface area (Å²) < 4.78 is 5.28. The number of nitrogens with zero attached hydrogens (tertiary/aromatic N) is 2. The number of aromatic nitrogens is 2. The number of fused-ring (bicyclic) bond motifs is 2. The summed E-state index contributed by atoms with van der Waals surface area (Å²) in [5.41, 5.74) is 3.20. The van der Waals surface area contributed by atoms with Crippen LogP contribution in [0.2, 0.25) is 0 Å². The molecule has 0 bridgehead atoms. The Labute approximate surface area is 180 Å². The summed E-state index contributed by atoms with van der Waals surface area (Å²) >= 11 is 0. The van der Waals surface area contributed by atoms with Gasteiger partial charge in [-0.1, -0.05) is 25.3 Å². The van der Waals surface area contributed by atoms with E-state index >= 15 is 0 Å². The molecule has 1 amide bonds. The maximum absolute atomic E-state index is 13.3. The van der Waals surface area contributed by atoms with E-state index in [1.807, 2.05) is 18.2 Å². The van der Waals surface area contributed by atoms with Crippen molar-refractivity contribution in [1.29, 1.82) is 0 Å². The Bertz CT molecular complexity index is 1180. The van der Waals surface area contributed by atoms with Gasteiger partial charge in [0.25, 0.3) is 5.91 Å². The summed E-state index contributed by atoms with van der Waals surface area (Å²) in [6.07, 6.45) is 5.05. The van der Waals surface area contributed by atoms with Crippen molar-refractivity contribution >= 4 is 22.6 Å². The van der Waals surface area contributed by atoms with E-state index in [1.165, 1.54) is 12.5 Å². The second kappa shape index (κ2) is 7.72. The van der Waals surface area contributed by atoms with Crippen LogP contribution in [0.5, 0.6) is 11.5 Å². The highest BCUT2D eigenvalue weighted by Crippen LogP contribution is 2.33. The predicted octanol–water partition coefficient (Wildman–Crippen LogP) is 4.20. The van der Waals surface area contributed by atoms with Crippen LogP contribution in [0.25, 0.3) is 10.9 Å². The molecular formula is C24H25N3O4. The van der Waals surface area contributed by atoms with Gasteiger partial charge in [-0.05, 0) is 42.2 Å². The Morgan fingerprint density at radius 3 is 2.65 bits per heavy atom. The predicted molar refractivity (Wildman–Crippen MR) is 115 cm³/mol. The number of rotatable bonds is 4. The normalized spacial score (nSPS) is 16.5. The van der Waals surface area contributed by atoms with Gasteiger partial charge in [-0.3, -0.25) is 14.7 Å². The van der Waals surface area contributed by atoms with E-state index in [0.29, 0.717) is 29.7 Å². The molecular weight excluding hydrogens is 394 g/mol. The number of H-pyrrole nitrogens is 1. The molecule has 31 heavy (non-hydrogen) atoms. The third-order valence-electron chi connectivity index (χ3n) is 6.54. The first kappa shape index (κ1) is 19.6. The average Bonchev–Trinajstić information content (AvgIpc) is 3.41. The highest BCUT2D eigenvalue weighted by atomic mass is 16.5. The van der Waals surface area contributed by atoms with Crippen molar-refractivity contribution in [2.45, 2.75) is 45.2 Å². The zero-order valence-corrected chi connectivity index (χ0v) is 17.5. The number of ether oxygens (including phenoxy) is 1. The molecule has 1 fully saturated rings. The number of hydrogen-bond acceptors (Lipinski definition) is 5. The molecule has 7 heteroatoms. The molecule has 5 rings (SSSR count). The smallest absolute Gasteiger partial charge is 0.258 e. The number of aromatic hydroxyl groups is 1. The van der Waals surface area contributed by atoms with E-state index in [0.717, 1.165) is 42.6 Å². The molecule has 0 spiro atoms.